The summed E-state index contributed by atoms with van der Waals surface area (Å²) in [5, 5.41) is 0. The van der Waals surface area contributed by atoms with Gasteiger partial charge >= 0.3 is 0 Å². The van der Waals surface area contributed by atoms with Crippen LogP contribution in [-0.2, 0) is 11.2 Å². The molecule has 1 aromatic carbocycles. The van der Waals surface area contributed by atoms with Crippen molar-refractivity contribution in [3.8, 4) is 11.5 Å². The highest BCUT2D eigenvalue weighted by atomic mass is 16.7. The zero-order valence-corrected chi connectivity index (χ0v) is 12.8. The number of nitrogens with zero attached hydrogens (tertiary/aromatic N) is 2. The first-order valence-corrected chi connectivity index (χ1v) is 7.90. The fraction of sp³-hybridized carbons (Fsp3) is 0.333. The zero-order valence-electron chi connectivity index (χ0n) is 12.8. The van der Waals surface area contributed by atoms with Crippen LogP contribution < -0.4 is 9.47 Å². The van der Waals surface area contributed by atoms with Crippen molar-refractivity contribution in [1.29, 1.82) is 0 Å². The van der Waals surface area contributed by atoms with Crippen LogP contribution in [0.3, 0.4) is 0 Å². The lowest BCUT2D eigenvalue weighted by Crippen LogP contribution is -2.32. The zero-order chi connectivity index (χ0) is 15.6. The molecule has 0 saturated carbocycles. The van der Waals surface area contributed by atoms with Gasteiger partial charge in [-0.2, -0.15) is 0 Å². The number of amides is 1. The van der Waals surface area contributed by atoms with Crippen molar-refractivity contribution in [2.75, 3.05) is 13.3 Å². The molecule has 118 valence electrons. The summed E-state index contributed by atoms with van der Waals surface area (Å²) >= 11 is 0. The summed E-state index contributed by atoms with van der Waals surface area (Å²) in [6, 6.07) is 11.7. The SMILES string of the molecule is O=C(Cc1ccc2c(c1)OCO2)N1CCCC1c1ccccn1. The number of fused-ring (bicyclic) bond motifs is 1. The maximum atomic E-state index is 12.7. The molecule has 0 spiro atoms. The molecular formula is C18H18N2O3. The van der Waals surface area contributed by atoms with Gasteiger partial charge in [-0.05, 0) is 42.7 Å². The molecule has 23 heavy (non-hydrogen) atoms. The standard InChI is InChI=1S/C18H18N2O3/c21-18(11-13-6-7-16-17(10-13)23-12-22-16)20-9-3-5-15(20)14-4-1-2-8-19-14/h1-2,4,6-8,10,15H,3,5,9,11-12H2. The third-order valence-corrected chi connectivity index (χ3v) is 4.39. The molecule has 3 heterocycles. The second-order valence-electron chi connectivity index (χ2n) is 5.86. The summed E-state index contributed by atoms with van der Waals surface area (Å²) in [6.45, 7) is 1.05. The highest BCUT2D eigenvalue weighted by Crippen LogP contribution is 2.34. The van der Waals surface area contributed by atoms with E-state index in [9.17, 15) is 4.79 Å². The summed E-state index contributed by atoms with van der Waals surface area (Å²) in [7, 11) is 0. The first-order chi connectivity index (χ1) is 11.3. The van der Waals surface area contributed by atoms with E-state index in [2.05, 4.69) is 4.98 Å². The highest BCUT2D eigenvalue weighted by Gasteiger charge is 2.30. The Morgan fingerprint density at radius 1 is 1.22 bits per heavy atom. The van der Waals surface area contributed by atoms with Gasteiger partial charge in [0.05, 0.1) is 18.2 Å². The van der Waals surface area contributed by atoms with Gasteiger partial charge in [-0.15, -0.1) is 0 Å². The molecule has 0 aliphatic carbocycles. The predicted molar refractivity (Wildman–Crippen MR) is 84.2 cm³/mol. The number of hydrogen-bond acceptors (Lipinski definition) is 4. The van der Waals surface area contributed by atoms with Crippen LogP contribution in [-0.4, -0.2) is 29.1 Å². The van der Waals surface area contributed by atoms with Crippen LogP contribution in [0.1, 0.15) is 30.1 Å². The van der Waals surface area contributed by atoms with E-state index in [4.69, 9.17) is 9.47 Å². The van der Waals surface area contributed by atoms with Crippen LogP contribution in [0.2, 0.25) is 0 Å². The summed E-state index contributed by atoms with van der Waals surface area (Å²) < 4.78 is 10.7. The Hall–Kier alpha value is -2.56. The Kier molecular flexibility index (Phi) is 3.61. The van der Waals surface area contributed by atoms with E-state index in [1.54, 1.807) is 6.20 Å². The summed E-state index contributed by atoms with van der Waals surface area (Å²) in [5.41, 5.74) is 1.93. The summed E-state index contributed by atoms with van der Waals surface area (Å²) in [6.07, 6.45) is 4.16. The average molecular weight is 310 g/mol. The number of hydrogen-bond donors (Lipinski definition) is 0. The van der Waals surface area contributed by atoms with Crippen molar-refractivity contribution in [3.63, 3.8) is 0 Å². The first kappa shape index (κ1) is 14.1. The van der Waals surface area contributed by atoms with Gasteiger partial charge in [0.1, 0.15) is 0 Å². The molecule has 1 aromatic heterocycles. The van der Waals surface area contributed by atoms with E-state index >= 15 is 0 Å². The van der Waals surface area contributed by atoms with Crippen LogP contribution in [0, 0.1) is 0 Å². The lowest BCUT2D eigenvalue weighted by atomic mass is 10.1. The molecule has 5 heteroatoms. The molecule has 1 unspecified atom stereocenters. The Morgan fingerprint density at radius 3 is 3.00 bits per heavy atom. The van der Waals surface area contributed by atoms with E-state index in [0.29, 0.717) is 6.42 Å². The monoisotopic (exact) mass is 310 g/mol. The second-order valence-corrected chi connectivity index (χ2v) is 5.86. The van der Waals surface area contributed by atoms with Crippen LogP contribution in [0.5, 0.6) is 11.5 Å². The van der Waals surface area contributed by atoms with Crippen molar-refractivity contribution in [2.45, 2.75) is 25.3 Å². The molecule has 0 bridgehead atoms. The maximum Gasteiger partial charge on any atom is 0.231 e. The summed E-state index contributed by atoms with van der Waals surface area (Å²) in [4.78, 5) is 19.1. The van der Waals surface area contributed by atoms with Gasteiger partial charge < -0.3 is 14.4 Å². The highest BCUT2D eigenvalue weighted by molar-refractivity contribution is 5.79. The lowest BCUT2D eigenvalue weighted by Gasteiger charge is -2.24. The van der Waals surface area contributed by atoms with Gasteiger partial charge in [-0.25, -0.2) is 0 Å². The number of benzene rings is 1. The number of ether oxygens (including phenoxy) is 2. The van der Waals surface area contributed by atoms with Crippen molar-refractivity contribution in [3.05, 3.63) is 53.9 Å². The van der Waals surface area contributed by atoms with Gasteiger partial charge in [0, 0.05) is 12.7 Å². The third-order valence-electron chi connectivity index (χ3n) is 4.39. The van der Waals surface area contributed by atoms with Gasteiger partial charge in [-0.1, -0.05) is 12.1 Å². The smallest absolute Gasteiger partial charge is 0.231 e. The minimum Gasteiger partial charge on any atom is -0.454 e. The van der Waals surface area contributed by atoms with Crippen LogP contribution in [0.4, 0.5) is 0 Å². The number of likely N-dealkylation sites (tertiary alicyclic amines) is 1. The molecule has 2 aliphatic heterocycles. The van der Waals surface area contributed by atoms with Gasteiger partial charge in [0.2, 0.25) is 12.7 Å². The Balaban J connectivity index is 1.50. The number of aromatic nitrogens is 1. The molecule has 1 fully saturated rings. The molecule has 0 radical (unpaired) electrons. The summed E-state index contributed by atoms with van der Waals surface area (Å²) in [5.74, 6) is 1.60. The fourth-order valence-electron chi connectivity index (χ4n) is 3.27. The van der Waals surface area contributed by atoms with Crippen LogP contribution >= 0.6 is 0 Å². The average Bonchev–Trinajstić information content (AvgIpc) is 3.24. The van der Waals surface area contributed by atoms with Gasteiger partial charge in [-0.3, -0.25) is 9.78 Å². The fourth-order valence-corrected chi connectivity index (χ4v) is 3.27. The first-order valence-electron chi connectivity index (χ1n) is 7.90. The molecule has 2 aromatic rings. The molecule has 1 amide bonds. The lowest BCUT2D eigenvalue weighted by molar-refractivity contribution is -0.131. The van der Waals surface area contributed by atoms with Crippen LogP contribution in [0.15, 0.2) is 42.6 Å². The van der Waals surface area contributed by atoms with Gasteiger partial charge in [0.25, 0.3) is 0 Å². The van der Waals surface area contributed by atoms with Crippen molar-refractivity contribution in [1.82, 2.24) is 9.88 Å². The largest absolute Gasteiger partial charge is 0.454 e. The molecule has 0 N–H and O–H groups in total. The molecule has 1 saturated heterocycles. The van der Waals surface area contributed by atoms with Crippen molar-refractivity contribution in [2.24, 2.45) is 0 Å². The third kappa shape index (κ3) is 2.74. The van der Waals surface area contributed by atoms with Gasteiger partial charge in [0.15, 0.2) is 11.5 Å². The molecule has 1 atom stereocenters. The molecule has 2 aliphatic rings. The quantitative estimate of drug-likeness (QED) is 0.874. The normalized spacial score (nSPS) is 19.1. The van der Waals surface area contributed by atoms with E-state index in [0.717, 1.165) is 42.1 Å². The van der Waals surface area contributed by atoms with Crippen LogP contribution in [0.25, 0.3) is 0 Å². The minimum atomic E-state index is 0.0951. The molecule has 4 rings (SSSR count). The van der Waals surface area contributed by atoms with E-state index in [-0.39, 0.29) is 18.7 Å². The van der Waals surface area contributed by atoms with E-state index in [1.165, 1.54) is 0 Å². The topological polar surface area (TPSA) is 51.7 Å². The predicted octanol–water partition coefficient (Wildman–Crippen LogP) is 2.72. The van der Waals surface area contributed by atoms with E-state index < -0.39 is 0 Å². The number of carbonyl (C=O) groups excluding carboxylic acids is 1. The number of pyridine rings is 1. The second kappa shape index (κ2) is 5.91. The molecule has 5 nitrogen and oxygen atoms in total. The Morgan fingerprint density at radius 2 is 2.13 bits per heavy atom. The van der Waals surface area contributed by atoms with Crippen molar-refractivity contribution >= 4 is 5.91 Å². The molecular weight excluding hydrogens is 292 g/mol. The number of rotatable bonds is 3. The van der Waals surface area contributed by atoms with Crippen molar-refractivity contribution < 1.29 is 14.3 Å². The number of carbonyl (C=O) groups is 1. The Bertz CT molecular complexity index is 717. The maximum absolute atomic E-state index is 12.7. The minimum absolute atomic E-state index is 0.0951. The van der Waals surface area contributed by atoms with E-state index in [1.807, 2.05) is 41.3 Å². The Labute approximate surface area is 134 Å².